The second-order valence-electron chi connectivity index (χ2n) is 7.94. The van der Waals surface area contributed by atoms with Crippen LogP contribution in [0.3, 0.4) is 0 Å². The molecule has 2 heterocycles. The van der Waals surface area contributed by atoms with E-state index in [1.807, 2.05) is 0 Å². The van der Waals surface area contributed by atoms with Crippen molar-refractivity contribution in [2.24, 2.45) is 17.4 Å². The molecule has 160 valence electrons. The van der Waals surface area contributed by atoms with Gasteiger partial charge in [-0.15, -0.1) is 0 Å². The molecular weight excluding hydrogens is 356 g/mol. The summed E-state index contributed by atoms with van der Waals surface area (Å²) < 4.78 is 16.3. The molecule has 1 aliphatic carbocycles. The molecule has 0 aromatic heterocycles. The summed E-state index contributed by atoms with van der Waals surface area (Å²) in [7, 11) is 0. The van der Waals surface area contributed by atoms with Gasteiger partial charge >= 0.3 is 0 Å². The van der Waals surface area contributed by atoms with Crippen molar-refractivity contribution in [2.75, 3.05) is 13.2 Å². The second-order valence-corrected chi connectivity index (χ2v) is 7.94. The van der Waals surface area contributed by atoms with Crippen molar-refractivity contribution in [3.63, 3.8) is 0 Å². The van der Waals surface area contributed by atoms with E-state index < -0.39 is 24.6 Å². The molecule has 27 heavy (non-hydrogen) atoms. The lowest BCUT2D eigenvalue weighted by Gasteiger charge is -2.34. The van der Waals surface area contributed by atoms with E-state index in [0.717, 1.165) is 32.1 Å². The van der Waals surface area contributed by atoms with Gasteiger partial charge in [-0.1, -0.05) is 6.92 Å². The van der Waals surface area contributed by atoms with Crippen molar-refractivity contribution in [3.05, 3.63) is 0 Å². The van der Waals surface area contributed by atoms with Crippen LogP contribution < -0.4 is 11.5 Å². The number of aliphatic hydroxyl groups excluding tert-OH is 4. The minimum Gasteiger partial charge on any atom is -0.394 e. The van der Waals surface area contributed by atoms with E-state index in [1.54, 1.807) is 0 Å². The predicted molar refractivity (Wildman–Crippen MR) is 97.4 cm³/mol. The molecule has 9 nitrogen and oxygen atoms in total. The molecule has 0 spiro atoms. The van der Waals surface area contributed by atoms with E-state index in [4.69, 9.17) is 41.0 Å². The molecule has 0 aromatic rings. The monoisotopic (exact) mass is 392 g/mol. The van der Waals surface area contributed by atoms with E-state index >= 15 is 0 Å². The molecule has 6 unspecified atom stereocenters. The molecule has 2 saturated heterocycles. The van der Waals surface area contributed by atoms with Gasteiger partial charge in [-0.05, 0) is 31.6 Å². The molecule has 0 bridgehead atoms. The Kier molecular flexibility index (Phi) is 9.33. The fraction of sp³-hybridized carbons (Fsp3) is 1.00. The average Bonchev–Trinajstić information content (AvgIpc) is 3.05. The minimum absolute atomic E-state index is 0.0281. The van der Waals surface area contributed by atoms with E-state index in [2.05, 4.69) is 6.92 Å². The fourth-order valence-corrected chi connectivity index (χ4v) is 3.95. The van der Waals surface area contributed by atoms with Crippen LogP contribution in [0.5, 0.6) is 0 Å². The van der Waals surface area contributed by atoms with E-state index in [-0.39, 0.29) is 44.1 Å². The molecule has 0 amide bonds. The first-order valence-electron chi connectivity index (χ1n) is 9.89. The first-order valence-corrected chi connectivity index (χ1v) is 9.89. The van der Waals surface area contributed by atoms with E-state index in [1.165, 1.54) is 0 Å². The van der Waals surface area contributed by atoms with Crippen LogP contribution in [-0.2, 0) is 14.2 Å². The molecule has 0 radical (unpaired) electrons. The summed E-state index contributed by atoms with van der Waals surface area (Å²) in [5.74, 6) is 0.642. The van der Waals surface area contributed by atoms with Crippen LogP contribution >= 0.6 is 0 Å². The number of nitrogens with two attached hydrogens (primary N) is 2. The van der Waals surface area contributed by atoms with Crippen LogP contribution in [0.15, 0.2) is 0 Å². The lowest BCUT2D eigenvalue weighted by molar-refractivity contribution is -0.228. The highest BCUT2D eigenvalue weighted by Gasteiger charge is 2.35. The smallest absolute Gasteiger partial charge is 0.158 e. The van der Waals surface area contributed by atoms with Gasteiger partial charge in [-0.3, -0.25) is 0 Å². The average molecular weight is 392 g/mol. The van der Waals surface area contributed by atoms with Crippen LogP contribution in [0.2, 0.25) is 0 Å². The van der Waals surface area contributed by atoms with Crippen LogP contribution in [-0.4, -0.2) is 82.7 Å². The maximum Gasteiger partial charge on any atom is 0.158 e. The van der Waals surface area contributed by atoms with Crippen molar-refractivity contribution in [1.29, 1.82) is 0 Å². The molecule has 3 fully saturated rings. The Bertz CT molecular complexity index is 421. The maximum absolute atomic E-state index is 9.19. The lowest BCUT2D eigenvalue weighted by Crippen LogP contribution is -2.51. The molecule has 3 aliphatic rings. The zero-order valence-electron chi connectivity index (χ0n) is 16.0. The second kappa shape index (κ2) is 11.0. The Morgan fingerprint density at radius 2 is 1.78 bits per heavy atom. The molecule has 0 aromatic carbocycles. The fourth-order valence-electron chi connectivity index (χ4n) is 3.95. The summed E-state index contributed by atoms with van der Waals surface area (Å²) in [4.78, 5) is 0. The third-order valence-electron chi connectivity index (χ3n) is 5.33. The largest absolute Gasteiger partial charge is 0.394 e. The topological polar surface area (TPSA) is 161 Å². The van der Waals surface area contributed by atoms with Gasteiger partial charge < -0.3 is 46.1 Å². The van der Waals surface area contributed by atoms with E-state index in [0.29, 0.717) is 5.92 Å². The van der Waals surface area contributed by atoms with Gasteiger partial charge in [0.2, 0.25) is 0 Å². The van der Waals surface area contributed by atoms with Gasteiger partial charge in [-0.2, -0.15) is 0 Å². The highest BCUT2D eigenvalue weighted by molar-refractivity contribution is 4.82. The van der Waals surface area contributed by atoms with Gasteiger partial charge in [0.1, 0.15) is 12.2 Å². The molecule has 9 heteroatoms. The van der Waals surface area contributed by atoms with Crippen LogP contribution in [0.1, 0.15) is 45.4 Å². The van der Waals surface area contributed by atoms with Crippen LogP contribution in [0, 0.1) is 5.92 Å². The number of ether oxygens (including phenoxy) is 3. The van der Waals surface area contributed by atoms with Crippen molar-refractivity contribution in [3.8, 4) is 0 Å². The highest BCUT2D eigenvalue weighted by Crippen LogP contribution is 2.29. The zero-order valence-corrected chi connectivity index (χ0v) is 16.0. The number of aliphatic hydroxyl groups is 4. The quantitative estimate of drug-likeness (QED) is 0.345. The Balaban J connectivity index is 0.000000208. The maximum atomic E-state index is 9.19. The predicted octanol–water partition coefficient (Wildman–Crippen LogP) is -1.21. The minimum atomic E-state index is -1.01. The van der Waals surface area contributed by atoms with Gasteiger partial charge in [0.15, 0.2) is 12.6 Å². The van der Waals surface area contributed by atoms with Crippen molar-refractivity contribution >= 4 is 0 Å². The Morgan fingerprint density at radius 3 is 2.37 bits per heavy atom. The van der Waals surface area contributed by atoms with Crippen molar-refractivity contribution in [1.82, 2.24) is 0 Å². The van der Waals surface area contributed by atoms with Crippen LogP contribution in [0.4, 0.5) is 0 Å². The zero-order chi connectivity index (χ0) is 20.0. The molecule has 8 N–H and O–H groups in total. The van der Waals surface area contributed by atoms with Crippen molar-refractivity contribution in [2.45, 2.75) is 94.6 Å². The summed E-state index contributed by atoms with van der Waals surface area (Å²) in [6.07, 6.45) is 1.45. The summed E-state index contributed by atoms with van der Waals surface area (Å²) >= 11 is 0. The molecule has 9 atom stereocenters. The van der Waals surface area contributed by atoms with Crippen molar-refractivity contribution < 1.29 is 34.6 Å². The first-order chi connectivity index (χ1) is 12.8. The van der Waals surface area contributed by atoms with Gasteiger partial charge in [0, 0.05) is 25.4 Å². The van der Waals surface area contributed by atoms with Gasteiger partial charge in [-0.25, -0.2) is 0 Å². The number of hydrogen-bond acceptors (Lipinski definition) is 9. The third-order valence-corrected chi connectivity index (χ3v) is 5.33. The molecule has 2 aliphatic heterocycles. The van der Waals surface area contributed by atoms with Gasteiger partial charge in [0.25, 0.3) is 0 Å². The Hall–Kier alpha value is -0.360. The molecule has 3 rings (SSSR count). The molecule has 1 saturated carbocycles. The van der Waals surface area contributed by atoms with Gasteiger partial charge in [0.05, 0.1) is 24.9 Å². The van der Waals surface area contributed by atoms with Crippen LogP contribution in [0.25, 0.3) is 0 Å². The molecular formula is C18H36N2O7. The summed E-state index contributed by atoms with van der Waals surface area (Å²) in [6, 6.07) is 0.267. The third kappa shape index (κ3) is 7.19. The summed E-state index contributed by atoms with van der Waals surface area (Å²) in [5, 5.41) is 36.2. The number of hydrogen-bond donors (Lipinski definition) is 6. The first kappa shape index (κ1) is 22.9. The lowest BCUT2D eigenvalue weighted by atomic mass is 9.85. The summed E-state index contributed by atoms with van der Waals surface area (Å²) in [5.41, 5.74) is 11.2. The summed E-state index contributed by atoms with van der Waals surface area (Å²) in [6.45, 7) is 2.41. The Morgan fingerprint density at radius 1 is 1.04 bits per heavy atom. The number of rotatable bonds is 4. The SMILES string of the molecule is CC1CC(N)CC(OC2CCC(CO)O2)C1.NC[C@@H]1O[C@H](O)CC(O)[C@@H]1O. The highest BCUT2D eigenvalue weighted by atomic mass is 16.7. The van der Waals surface area contributed by atoms with E-state index in [9.17, 15) is 5.11 Å². The standard InChI is InChI=1S/C12H23NO3.C6H13NO4/c1-8-4-9(13)6-11(5-8)16-12-3-2-10(7-14)15-12;7-2-4-6(10)3(8)1-5(9)11-4/h8-12,14H,2-7,13H2,1H3;3-6,8-10H,1-2,7H2/t;3?,4-,5-,6-/m.0/s1. The Labute approximate surface area is 160 Å². The normalized spacial score (nSPS) is 45.2.